The maximum atomic E-state index is 11.8. The normalized spacial score (nSPS) is 17.5. The van der Waals surface area contributed by atoms with E-state index in [-0.39, 0.29) is 6.09 Å². The van der Waals surface area contributed by atoms with Crippen LogP contribution in [-0.4, -0.2) is 40.4 Å². The molecule has 0 aromatic rings. The second-order valence-electron chi connectivity index (χ2n) is 7.43. The van der Waals surface area contributed by atoms with Gasteiger partial charge in [-0.3, -0.25) is 0 Å². The standard InChI is InChI=1S/C17H33NO3/c1-5-6-7-8-9-10-11-12-17(20)13-18(14-17)15(19)21-16(2,3)4/h20H,5-14H2,1-4H3. The maximum Gasteiger partial charge on any atom is 0.410 e. The Morgan fingerprint density at radius 1 is 1.10 bits per heavy atom. The van der Waals surface area contributed by atoms with Crippen molar-refractivity contribution in [3.8, 4) is 0 Å². The number of rotatable bonds is 8. The number of aliphatic hydroxyl groups is 1. The summed E-state index contributed by atoms with van der Waals surface area (Å²) in [6, 6.07) is 0. The summed E-state index contributed by atoms with van der Waals surface area (Å²) in [5.74, 6) is 0. The zero-order valence-corrected chi connectivity index (χ0v) is 14.3. The van der Waals surface area contributed by atoms with Crippen LogP contribution in [0, 0.1) is 0 Å². The van der Waals surface area contributed by atoms with Crippen LogP contribution in [0.3, 0.4) is 0 Å². The maximum absolute atomic E-state index is 11.8. The molecule has 0 bridgehead atoms. The van der Waals surface area contributed by atoms with Gasteiger partial charge in [0.2, 0.25) is 0 Å². The van der Waals surface area contributed by atoms with Gasteiger partial charge in [0.05, 0.1) is 18.7 Å². The molecule has 1 aliphatic heterocycles. The van der Waals surface area contributed by atoms with Crippen LogP contribution in [-0.2, 0) is 4.74 Å². The number of hydrogen-bond acceptors (Lipinski definition) is 3. The molecule has 1 N–H and O–H groups in total. The highest BCUT2D eigenvalue weighted by atomic mass is 16.6. The van der Waals surface area contributed by atoms with Gasteiger partial charge in [-0.2, -0.15) is 0 Å². The van der Waals surface area contributed by atoms with Gasteiger partial charge in [-0.25, -0.2) is 4.79 Å². The van der Waals surface area contributed by atoms with E-state index in [4.69, 9.17) is 4.74 Å². The van der Waals surface area contributed by atoms with Crippen molar-refractivity contribution in [2.45, 2.75) is 90.3 Å². The molecular formula is C17H33NO3. The molecule has 1 saturated heterocycles. The highest BCUT2D eigenvalue weighted by Crippen LogP contribution is 2.28. The lowest BCUT2D eigenvalue weighted by Crippen LogP contribution is -2.64. The van der Waals surface area contributed by atoms with Gasteiger partial charge in [-0.15, -0.1) is 0 Å². The summed E-state index contributed by atoms with van der Waals surface area (Å²) in [6.07, 6.45) is 9.19. The number of β-amino-alcohol motifs (C(OH)–C–C–N with tert-alkyl or cyclic N) is 1. The minimum atomic E-state index is -0.680. The average molecular weight is 299 g/mol. The van der Waals surface area contributed by atoms with Gasteiger partial charge in [0.25, 0.3) is 0 Å². The molecule has 4 heteroatoms. The number of ether oxygens (including phenoxy) is 1. The van der Waals surface area contributed by atoms with Crippen LogP contribution in [0.5, 0.6) is 0 Å². The van der Waals surface area contributed by atoms with Gasteiger partial charge in [0.15, 0.2) is 0 Å². The Labute approximate surface area is 129 Å². The van der Waals surface area contributed by atoms with Gasteiger partial charge >= 0.3 is 6.09 Å². The van der Waals surface area contributed by atoms with Crippen LogP contribution in [0.4, 0.5) is 4.79 Å². The number of nitrogens with zero attached hydrogens (tertiary/aromatic N) is 1. The zero-order valence-electron chi connectivity index (χ0n) is 14.3. The Kier molecular flexibility index (Phi) is 6.98. The minimum absolute atomic E-state index is 0.313. The van der Waals surface area contributed by atoms with E-state index < -0.39 is 11.2 Å². The van der Waals surface area contributed by atoms with Crippen LogP contribution < -0.4 is 0 Å². The molecule has 1 amide bonds. The van der Waals surface area contributed by atoms with Crippen molar-refractivity contribution < 1.29 is 14.6 Å². The molecule has 0 saturated carbocycles. The molecule has 1 aliphatic rings. The molecule has 0 radical (unpaired) electrons. The first-order valence-electron chi connectivity index (χ1n) is 8.46. The lowest BCUT2D eigenvalue weighted by molar-refractivity contribution is -0.103. The predicted octanol–water partition coefficient (Wildman–Crippen LogP) is 4.11. The highest BCUT2D eigenvalue weighted by Gasteiger charge is 2.44. The van der Waals surface area contributed by atoms with Crippen molar-refractivity contribution >= 4 is 6.09 Å². The van der Waals surface area contributed by atoms with E-state index >= 15 is 0 Å². The fraction of sp³-hybridized carbons (Fsp3) is 0.941. The van der Waals surface area contributed by atoms with Crippen LogP contribution in [0.2, 0.25) is 0 Å². The summed E-state index contributed by atoms with van der Waals surface area (Å²) in [7, 11) is 0. The molecule has 0 aliphatic carbocycles. The quantitative estimate of drug-likeness (QED) is 0.686. The van der Waals surface area contributed by atoms with Gasteiger partial charge in [-0.1, -0.05) is 51.9 Å². The summed E-state index contributed by atoms with van der Waals surface area (Å²) < 4.78 is 5.29. The van der Waals surface area contributed by atoms with Crippen molar-refractivity contribution in [3.05, 3.63) is 0 Å². The van der Waals surface area contributed by atoms with E-state index in [0.717, 1.165) is 12.8 Å². The monoisotopic (exact) mass is 299 g/mol. The molecule has 1 rings (SSSR count). The summed E-state index contributed by atoms with van der Waals surface area (Å²) in [6.45, 7) is 8.62. The van der Waals surface area contributed by atoms with E-state index in [2.05, 4.69) is 6.92 Å². The first-order valence-corrected chi connectivity index (χ1v) is 8.46. The van der Waals surface area contributed by atoms with Crippen LogP contribution in [0.1, 0.15) is 79.1 Å². The number of carbonyl (C=O) groups excluding carboxylic acids is 1. The number of carbonyl (C=O) groups is 1. The van der Waals surface area contributed by atoms with Gasteiger partial charge in [0, 0.05) is 0 Å². The summed E-state index contributed by atoms with van der Waals surface area (Å²) in [5, 5.41) is 10.3. The number of unbranched alkanes of at least 4 members (excludes halogenated alkanes) is 6. The van der Waals surface area contributed by atoms with Crippen molar-refractivity contribution in [1.82, 2.24) is 4.90 Å². The van der Waals surface area contributed by atoms with E-state index in [1.807, 2.05) is 20.8 Å². The molecule has 21 heavy (non-hydrogen) atoms. The van der Waals surface area contributed by atoms with E-state index in [1.165, 1.54) is 38.5 Å². The lowest BCUT2D eigenvalue weighted by Gasteiger charge is -2.46. The van der Waals surface area contributed by atoms with Gasteiger partial charge < -0.3 is 14.7 Å². The Balaban J connectivity index is 2.09. The second-order valence-corrected chi connectivity index (χ2v) is 7.43. The smallest absolute Gasteiger partial charge is 0.410 e. The molecule has 1 heterocycles. The molecular weight excluding hydrogens is 266 g/mol. The van der Waals surface area contributed by atoms with Crippen molar-refractivity contribution in [1.29, 1.82) is 0 Å². The van der Waals surface area contributed by atoms with Crippen LogP contribution in [0.15, 0.2) is 0 Å². The van der Waals surface area contributed by atoms with Crippen LogP contribution >= 0.6 is 0 Å². The predicted molar refractivity (Wildman–Crippen MR) is 85.4 cm³/mol. The molecule has 0 atom stereocenters. The van der Waals surface area contributed by atoms with Gasteiger partial charge in [0.1, 0.15) is 5.60 Å². The Morgan fingerprint density at radius 3 is 2.14 bits per heavy atom. The zero-order chi connectivity index (χ0) is 15.9. The third-order valence-electron chi connectivity index (χ3n) is 3.87. The van der Waals surface area contributed by atoms with E-state index in [1.54, 1.807) is 4.90 Å². The molecule has 0 spiro atoms. The van der Waals surface area contributed by atoms with Gasteiger partial charge in [-0.05, 0) is 27.2 Å². The van der Waals surface area contributed by atoms with Crippen molar-refractivity contribution in [2.24, 2.45) is 0 Å². The fourth-order valence-electron chi connectivity index (χ4n) is 2.69. The Hall–Kier alpha value is -0.770. The number of amides is 1. The largest absolute Gasteiger partial charge is 0.444 e. The molecule has 0 aromatic heterocycles. The second kappa shape index (κ2) is 8.02. The summed E-state index contributed by atoms with van der Waals surface area (Å²) in [5.41, 5.74) is -1.15. The molecule has 124 valence electrons. The lowest BCUT2D eigenvalue weighted by atomic mass is 9.88. The SMILES string of the molecule is CCCCCCCCCC1(O)CN(C(=O)OC(C)(C)C)C1. The van der Waals surface area contributed by atoms with Crippen LogP contribution in [0.25, 0.3) is 0 Å². The summed E-state index contributed by atoms with van der Waals surface area (Å²) >= 11 is 0. The molecule has 0 unspecified atom stereocenters. The molecule has 0 aromatic carbocycles. The third kappa shape index (κ3) is 7.16. The first kappa shape index (κ1) is 18.3. The Morgan fingerprint density at radius 2 is 1.62 bits per heavy atom. The van der Waals surface area contributed by atoms with Crippen molar-refractivity contribution in [3.63, 3.8) is 0 Å². The summed E-state index contributed by atoms with van der Waals surface area (Å²) in [4.78, 5) is 13.4. The number of likely N-dealkylation sites (tertiary alicyclic amines) is 1. The number of hydrogen-bond donors (Lipinski definition) is 1. The average Bonchev–Trinajstić information content (AvgIpc) is 2.32. The topological polar surface area (TPSA) is 49.8 Å². The highest BCUT2D eigenvalue weighted by molar-refractivity contribution is 5.69. The minimum Gasteiger partial charge on any atom is -0.444 e. The fourth-order valence-corrected chi connectivity index (χ4v) is 2.69. The third-order valence-corrected chi connectivity index (χ3v) is 3.87. The first-order chi connectivity index (χ1) is 9.76. The Bertz CT molecular complexity index is 316. The molecule has 1 fully saturated rings. The van der Waals surface area contributed by atoms with Crippen molar-refractivity contribution in [2.75, 3.05) is 13.1 Å². The van der Waals surface area contributed by atoms with E-state index in [9.17, 15) is 9.90 Å². The van der Waals surface area contributed by atoms with E-state index in [0.29, 0.717) is 13.1 Å². The molecule has 4 nitrogen and oxygen atoms in total.